The number of rotatable bonds is 12. The van der Waals surface area contributed by atoms with E-state index in [1.165, 1.54) is 0 Å². The van der Waals surface area contributed by atoms with Gasteiger partial charge in [-0.2, -0.15) is 0 Å². The van der Waals surface area contributed by atoms with Gasteiger partial charge in [-0.1, -0.05) is 75.1 Å². The van der Waals surface area contributed by atoms with Gasteiger partial charge in [-0.05, 0) is 36.6 Å². The van der Waals surface area contributed by atoms with Crippen LogP contribution in [0, 0.1) is 5.92 Å². The third kappa shape index (κ3) is 4.20. The highest BCUT2D eigenvalue weighted by atomic mass is 16.6. The molecule has 0 radical (unpaired) electrons. The monoisotopic (exact) mass is 465 g/mol. The zero-order chi connectivity index (χ0) is 24.2. The second kappa shape index (κ2) is 10.2. The summed E-state index contributed by atoms with van der Waals surface area (Å²) in [5.74, 6) is -0.00955. The Balaban J connectivity index is 1.59. The molecule has 4 rings (SSSR count). The molecular formula is C28H35NO5. The van der Waals surface area contributed by atoms with Crippen molar-refractivity contribution in [2.45, 2.75) is 70.2 Å². The van der Waals surface area contributed by atoms with Gasteiger partial charge in [0.05, 0.1) is 26.2 Å². The summed E-state index contributed by atoms with van der Waals surface area (Å²) in [6.07, 6.45) is 4.99. The number of fused-ring (bicyclic) bond motifs is 1. The molecule has 3 atom stereocenters. The summed E-state index contributed by atoms with van der Waals surface area (Å²) < 4.78 is 17.2. The average molecular weight is 466 g/mol. The van der Waals surface area contributed by atoms with E-state index in [0.717, 1.165) is 42.6 Å². The number of unbranched alkanes of at least 4 members (excludes halogenated alkanes) is 3. The maximum atomic E-state index is 13.8. The van der Waals surface area contributed by atoms with Gasteiger partial charge in [0, 0.05) is 6.54 Å². The van der Waals surface area contributed by atoms with Crippen LogP contribution in [0.3, 0.4) is 0 Å². The number of hydrogen-bond donors (Lipinski definition) is 0. The molecule has 0 saturated carbocycles. The van der Waals surface area contributed by atoms with E-state index in [2.05, 4.69) is 6.92 Å². The zero-order valence-electron chi connectivity index (χ0n) is 20.4. The highest BCUT2D eigenvalue weighted by Gasteiger charge is 2.79. The Morgan fingerprint density at radius 2 is 1.71 bits per heavy atom. The first-order valence-corrected chi connectivity index (χ1v) is 12.3. The Morgan fingerprint density at radius 1 is 0.971 bits per heavy atom. The standard InChI is InChI=1S/C28H35NO5/c1-4-5-6-10-13-24-25(30)29(18-21-14-16-23(32-3)17-15-21)28(26(31)34-27(24,28)2)20-33-19-22-11-8-7-9-12-22/h7-9,11-12,14-17,24H,4-6,10,13,18-20H2,1-3H3/t24-,27-,28?/m1/s1. The van der Waals surface area contributed by atoms with Crippen molar-refractivity contribution in [3.05, 3.63) is 65.7 Å². The van der Waals surface area contributed by atoms with Crippen molar-refractivity contribution in [3.63, 3.8) is 0 Å². The van der Waals surface area contributed by atoms with Crippen molar-refractivity contribution in [2.24, 2.45) is 5.92 Å². The molecule has 0 spiro atoms. The Labute approximate surface area is 202 Å². The van der Waals surface area contributed by atoms with Crippen molar-refractivity contribution >= 4 is 11.9 Å². The minimum Gasteiger partial charge on any atom is -0.497 e. The summed E-state index contributed by atoms with van der Waals surface area (Å²) in [4.78, 5) is 28.6. The largest absolute Gasteiger partial charge is 0.497 e. The SMILES string of the molecule is CCCCCC[C@@H]1C(=O)N(Cc2ccc(OC)cc2)C2(COCc3ccccc3)C(=O)O[C@]12C. The van der Waals surface area contributed by atoms with Gasteiger partial charge in [0.1, 0.15) is 5.75 Å². The number of carbonyl (C=O) groups is 2. The van der Waals surface area contributed by atoms with E-state index in [0.29, 0.717) is 19.6 Å². The lowest BCUT2D eigenvalue weighted by Gasteiger charge is -2.54. The van der Waals surface area contributed by atoms with E-state index in [-0.39, 0.29) is 24.4 Å². The number of likely N-dealkylation sites (tertiary alicyclic amines) is 1. The van der Waals surface area contributed by atoms with Crippen molar-refractivity contribution in [3.8, 4) is 5.75 Å². The lowest BCUT2D eigenvalue weighted by atomic mass is 9.70. The first-order chi connectivity index (χ1) is 16.5. The van der Waals surface area contributed by atoms with Crippen LogP contribution in [-0.2, 0) is 32.2 Å². The van der Waals surface area contributed by atoms with Crippen LogP contribution in [0.4, 0.5) is 0 Å². The van der Waals surface area contributed by atoms with Crippen molar-refractivity contribution < 1.29 is 23.8 Å². The zero-order valence-corrected chi connectivity index (χ0v) is 20.4. The second-order valence-corrected chi connectivity index (χ2v) is 9.51. The van der Waals surface area contributed by atoms with E-state index < -0.39 is 11.1 Å². The Kier molecular flexibility index (Phi) is 7.27. The molecule has 2 aromatic carbocycles. The molecule has 34 heavy (non-hydrogen) atoms. The van der Waals surface area contributed by atoms with Crippen molar-refractivity contribution in [1.29, 1.82) is 0 Å². The Bertz CT molecular complexity index is 992. The quantitative estimate of drug-likeness (QED) is 0.330. The smallest absolute Gasteiger partial charge is 0.339 e. The van der Waals surface area contributed by atoms with Gasteiger partial charge >= 0.3 is 5.97 Å². The second-order valence-electron chi connectivity index (χ2n) is 9.51. The number of benzene rings is 2. The van der Waals surface area contributed by atoms with Crippen LogP contribution >= 0.6 is 0 Å². The third-order valence-electron chi connectivity index (χ3n) is 7.42. The molecule has 0 aromatic heterocycles. The first-order valence-electron chi connectivity index (χ1n) is 12.3. The molecule has 0 N–H and O–H groups in total. The van der Waals surface area contributed by atoms with Crippen LogP contribution in [-0.4, -0.2) is 41.6 Å². The molecule has 0 aliphatic carbocycles. The summed E-state index contributed by atoms with van der Waals surface area (Å²) >= 11 is 0. The number of nitrogens with zero attached hydrogens (tertiary/aromatic N) is 1. The predicted molar refractivity (Wildman–Crippen MR) is 129 cm³/mol. The van der Waals surface area contributed by atoms with Crippen molar-refractivity contribution in [1.82, 2.24) is 4.90 Å². The maximum Gasteiger partial charge on any atom is 0.339 e. The van der Waals surface area contributed by atoms with E-state index in [4.69, 9.17) is 14.2 Å². The summed E-state index contributed by atoms with van der Waals surface area (Å²) in [6.45, 7) is 4.90. The van der Waals surface area contributed by atoms with Gasteiger partial charge < -0.3 is 19.1 Å². The van der Waals surface area contributed by atoms with Crippen molar-refractivity contribution in [2.75, 3.05) is 13.7 Å². The van der Waals surface area contributed by atoms with Gasteiger partial charge in [0.25, 0.3) is 0 Å². The van der Waals surface area contributed by atoms with Crippen LogP contribution in [0.25, 0.3) is 0 Å². The van der Waals surface area contributed by atoms with Crippen LogP contribution < -0.4 is 4.74 Å². The minimum absolute atomic E-state index is 0.0241. The predicted octanol–water partition coefficient (Wildman–Crippen LogP) is 4.90. The highest BCUT2D eigenvalue weighted by molar-refractivity contribution is 6.01. The first kappa shape index (κ1) is 24.3. The van der Waals surface area contributed by atoms with Crippen LogP contribution in [0.5, 0.6) is 5.75 Å². The van der Waals surface area contributed by atoms with E-state index >= 15 is 0 Å². The summed E-state index contributed by atoms with van der Waals surface area (Å²) in [5, 5.41) is 0. The van der Waals surface area contributed by atoms with Crippen LogP contribution in [0.2, 0.25) is 0 Å². The van der Waals surface area contributed by atoms with Crippen LogP contribution in [0.1, 0.15) is 57.1 Å². The van der Waals surface area contributed by atoms with E-state index in [1.54, 1.807) is 12.0 Å². The van der Waals surface area contributed by atoms with Gasteiger partial charge in [0.2, 0.25) is 11.4 Å². The molecule has 2 saturated heterocycles. The lowest BCUT2D eigenvalue weighted by molar-refractivity contribution is -0.243. The normalized spacial score (nSPS) is 25.6. The number of esters is 1. The number of methoxy groups -OCH3 is 1. The van der Waals surface area contributed by atoms with Gasteiger partial charge in [0.15, 0.2) is 5.60 Å². The minimum atomic E-state index is -1.12. The molecule has 6 nitrogen and oxygen atoms in total. The molecule has 6 heteroatoms. The fourth-order valence-corrected chi connectivity index (χ4v) is 5.34. The molecule has 1 amide bonds. The number of carbonyl (C=O) groups excluding carboxylic acids is 2. The lowest BCUT2D eigenvalue weighted by Crippen LogP contribution is -2.76. The van der Waals surface area contributed by atoms with Gasteiger partial charge in [-0.25, -0.2) is 4.79 Å². The number of ether oxygens (including phenoxy) is 3. The molecular weight excluding hydrogens is 430 g/mol. The maximum absolute atomic E-state index is 13.8. The van der Waals surface area contributed by atoms with E-state index in [1.807, 2.05) is 61.5 Å². The third-order valence-corrected chi connectivity index (χ3v) is 7.42. The molecule has 182 valence electrons. The fraction of sp³-hybridized carbons (Fsp3) is 0.500. The summed E-state index contributed by atoms with van der Waals surface area (Å²) in [7, 11) is 1.62. The topological polar surface area (TPSA) is 65.1 Å². The highest BCUT2D eigenvalue weighted by Crippen LogP contribution is 2.56. The molecule has 1 unspecified atom stereocenters. The number of amides is 1. The molecule has 0 bridgehead atoms. The molecule has 2 fully saturated rings. The molecule has 2 aliphatic heterocycles. The molecule has 2 aliphatic rings. The summed E-state index contributed by atoms with van der Waals surface area (Å²) in [6, 6.07) is 17.5. The van der Waals surface area contributed by atoms with Gasteiger partial charge in [-0.15, -0.1) is 0 Å². The van der Waals surface area contributed by atoms with Crippen LogP contribution in [0.15, 0.2) is 54.6 Å². The fourth-order valence-electron chi connectivity index (χ4n) is 5.34. The molecule has 2 aromatic rings. The average Bonchev–Trinajstić information content (AvgIpc) is 2.98. The Hall–Kier alpha value is -2.86. The Morgan fingerprint density at radius 3 is 2.35 bits per heavy atom. The molecule has 2 heterocycles. The number of hydrogen-bond acceptors (Lipinski definition) is 5. The van der Waals surface area contributed by atoms with E-state index in [9.17, 15) is 9.59 Å². The van der Waals surface area contributed by atoms with Gasteiger partial charge in [-0.3, -0.25) is 4.79 Å². The summed E-state index contributed by atoms with van der Waals surface area (Å²) in [5.41, 5.74) is -0.0502.